The largest absolute Gasteiger partial charge is 0.387 e. The van der Waals surface area contributed by atoms with Gasteiger partial charge in [-0.25, -0.2) is 9.50 Å². The van der Waals surface area contributed by atoms with Crippen LogP contribution in [0.15, 0.2) is 36.5 Å². The van der Waals surface area contributed by atoms with Gasteiger partial charge in [-0.2, -0.15) is 5.10 Å². The van der Waals surface area contributed by atoms with E-state index in [2.05, 4.69) is 27.1 Å². The monoisotopic (exact) mass is 574 g/mol. The summed E-state index contributed by atoms with van der Waals surface area (Å²) in [5.41, 5.74) is 3.94. The summed E-state index contributed by atoms with van der Waals surface area (Å²) in [4.78, 5) is 34.2. The van der Waals surface area contributed by atoms with Gasteiger partial charge in [-0.3, -0.25) is 9.13 Å². The first kappa shape index (κ1) is 26.7. The standard InChI is InChI=1S/C21H25ClN4O9P2/c22-17-7-14(25-6-5-12-3-1-2-4-13(12)9-25)21-23-8-15(26(21)24-17)20-19(28)18(27)16(35-20)10-34-37(32,33)11-36(29,30)31/h1-4,7-8,16,18-20,27-28H,5-6,9-11H2,(H,32,33)(H2,29,30,31)/t16-,18-,19-,20?/m1/s1. The van der Waals surface area contributed by atoms with Crippen molar-refractivity contribution in [3.63, 3.8) is 0 Å². The van der Waals surface area contributed by atoms with Crippen LogP contribution in [0.1, 0.15) is 22.9 Å². The summed E-state index contributed by atoms with van der Waals surface area (Å²) in [5.74, 6) is -1.38. The SMILES string of the molecule is O=P(O)(O)CP(=O)(O)OC[C@H]1OC(c2cnc3c(N4CCc5ccccc5C4)cc(Cl)nn23)[C@H](O)[C@@H]1O. The second kappa shape index (κ2) is 10.0. The lowest BCUT2D eigenvalue weighted by atomic mass is 10.00. The molecule has 1 fully saturated rings. The minimum atomic E-state index is -4.82. The molecule has 3 aromatic rings. The third-order valence-electron chi connectivity index (χ3n) is 6.37. The Hall–Kier alpha value is -1.89. The highest BCUT2D eigenvalue weighted by molar-refractivity contribution is 7.70. The van der Waals surface area contributed by atoms with Gasteiger partial charge in [-0.15, -0.1) is 0 Å². The number of hydrogen-bond donors (Lipinski definition) is 5. The Labute approximate surface area is 215 Å². The van der Waals surface area contributed by atoms with E-state index in [1.54, 1.807) is 6.07 Å². The molecule has 2 unspecified atom stereocenters. The average Bonchev–Trinajstić information content (AvgIpc) is 3.36. The van der Waals surface area contributed by atoms with Crippen LogP contribution in [-0.2, 0) is 31.4 Å². The van der Waals surface area contributed by atoms with E-state index >= 15 is 0 Å². The van der Waals surface area contributed by atoms with Crippen LogP contribution in [0, 0.1) is 0 Å². The minimum absolute atomic E-state index is 0.173. The van der Waals surface area contributed by atoms with E-state index in [4.69, 9.17) is 30.6 Å². The number of imidazole rings is 1. The summed E-state index contributed by atoms with van der Waals surface area (Å²) in [6.07, 6.45) is -3.12. The molecule has 0 radical (unpaired) electrons. The number of rotatable bonds is 7. The predicted molar refractivity (Wildman–Crippen MR) is 132 cm³/mol. The fraction of sp³-hybridized carbons (Fsp3) is 0.429. The molecule has 5 atom stereocenters. The summed E-state index contributed by atoms with van der Waals surface area (Å²) < 4.78 is 34.9. The molecule has 0 amide bonds. The molecule has 1 saturated heterocycles. The molecule has 1 aromatic carbocycles. The number of aliphatic hydroxyl groups excluding tert-OH is 2. The van der Waals surface area contributed by atoms with Gasteiger partial charge in [-0.1, -0.05) is 35.9 Å². The summed E-state index contributed by atoms with van der Waals surface area (Å²) in [7, 11) is -9.49. The molecule has 13 nitrogen and oxygen atoms in total. The summed E-state index contributed by atoms with van der Waals surface area (Å²) in [6.45, 7) is 0.683. The van der Waals surface area contributed by atoms with E-state index in [1.165, 1.54) is 21.8 Å². The van der Waals surface area contributed by atoms with Crippen LogP contribution < -0.4 is 4.90 Å². The van der Waals surface area contributed by atoms with Crippen molar-refractivity contribution in [2.45, 2.75) is 37.4 Å². The Morgan fingerprint density at radius 1 is 1.14 bits per heavy atom. The van der Waals surface area contributed by atoms with Crippen molar-refractivity contribution in [3.8, 4) is 0 Å². The van der Waals surface area contributed by atoms with Crippen molar-refractivity contribution in [1.82, 2.24) is 14.6 Å². The first-order chi connectivity index (χ1) is 17.4. The molecule has 0 aliphatic carbocycles. The first-order valence-corrected chi connectivity index (χ1v) is 15.2. The number of hydrogen-bond acceptors (Lipinski definition) is 9. The van der Waals surface area contributed by atoms with E-state index in [0.29, 0.717) is 12.2 Å². The molecule has 16 heteroatoms. The smallest absolute Gasteiger partial charge is 0.340 e. The molecule has 2 aliphatic rings. The van der Waals surface area contributed by atoms with Crippen molar-refractivity contribution in [1.29, 1.82) is 0 Å². The number of aliphatic hydroxyl groups is 2. The van der Waals surface area contributed by atoms with Crippen molar-refractivity contribution in [2.75, 3.05) is 24.0 Å². The highest BCUT2D eigenvalue weighted by Crippen LogP contribution is 2.55. The number of fused-ring (bicyclic) bond motifs is 2. The Kier molecular flexibility index (Phi) is 7.23. The maximum atomic E-state index is 12.0. The van der Waals surface area contributed by atoms with E-state index < -0.39 is 52.1 Å². The van der Waals surface area contributed by atoms with Gasteiger partial charge in [0.25, 0.3) is 0 Å². The van der Waals surface area contributed by atoms with E-state index in [-0.39, 0.29) is 10.8 Å². The maximum absolute atomic E-state index is 12.0. The molecule has 2 aromatic heterocycles. The highest BCUT2D eigenvalue weighted by Gasteiger charge is 2.46. The zero-order chi connectivity index (χ0) is 26.5. The van der Waals surface area contributed by atoms with Crippen molar-refractivity contribution < 1.29 is 43.3 Å². The fourth-order valence-electron chi connectivity index (χ4n) is 4.66. The number of aromatic nitrogens is 3. The molecule has 2 aliphatic heterocycles. The fourth-order valence-corrected chi connectivity index (χ4v) is 7.41. The van der Waals surface area contributed by atoms with Gasteiger partial charge < -0.3 is 39.1 Å². The molecule has 5 N–H and O–H groups in total. The molecule has 37 heavy (non-hydrogen) atoms. The van der Waals surface area contributed by atoms with Crippen molar-refractivity contribution in [2.24, 2.45) is 0 Å². The van der Waals surface area contributed by atoms with Gasteiger partial charge in [0.15, 0.2) is 16.7 Å². The Morgan fingerprint density at radius 3 is 2.59 bits per heavy atom. The number of nitrogens with zero attached hydrogens (tertiary/aromatic N) is 4. The molecule has 0 saturated carbocycles. The van der Waals surface area contributed by atoms with Gasteiger partial charge in [0.1, 0.15) is 24.4 Å². The zero-order valence-corrected chi connectivity index (χ0v) is 21.8. The van der Waals surface area contributed by atoms with Crippen LogP contribution in [0.3, 0.4) is 0 Å². The number of benzene rings is 1. The van der Waals surface area contributed by atoms with Crippen LogP contribution in [0.25, 0.3) is 5.65 Å². The number of ether oxygens (including phenoxy) is 1. The minimum Gasteiger partial charge on any atom is -0.387 e. The van der Waals surface area contributed by atoms with Crippen LogP contribution in [0.2, 0.25) is 5.15 Å². The third kappa shape index (κ3) is 5.62. The lowest BCUT2D eigenvalue weighted by molar-refractivity contribution is -0.0204. The molecule has 0 bridgehead atoms. The van der Waals surface area contributed by atoms with E-state index in [1.807, 2.05) is 12.1 Å². The predicted octanol–water partition coefficient (Wildman–Crippen LogP) is 1.44. The second-order valence-electron chi connectivity index (χ2n) is 9.03. The van der Waals surface area contributed by atoms with Crippen molar-refractivity contribution >= 4 is 38.1 Å². The molecule has 200 valence electrons. The maximum Gasteiger partial charge on any atom is 0.340 e. The Balaban J connectivity index is 1.38. The summed E-state index contributed by atoms with van der Waals surface area (Å²) in [5, 5.41) is 25.6. The van der Waals surface area contributed by atoms with Crippen LogP contribution >= 0.6 is 26.8 Å². The zero-order valence-electron chi connectivity index (χ0n) is 19.2. The second-order valence-corrected chi connectivity index (χ2v) is 13.4. The normalized spacial score (nSPS) is 25.8. The first-order valence-electron chi connectivity index (χ1n) is 11.3. The Morgan fingerprint density at radius 2 is 1.86 bits per heavy atom. The number of anilines is 1. The highest BCUT2D eigenvalue weighted by atomic mass is 35.5. The van der Waals surface area contributed by atoms with E-state index in [0.717, 1.165) is 18.7 Å². The van der Waals surface area contributed by atoms with Crippen LogP contribution in [0.4, 0.5) is 5.69 Å². The van der Waals surface area contributed by atoms with Crippen molar-refractivity contribution in [3.05, 3.63) is 58.5 Å². The Bertz CT molecular complexity index is 1420. The van der Waals surface area contributed by atoms with Gasteiger partial charge in [0.05, 0.1) is 24.2 Å². The van der Waals surface area contributed by atoms with Gasteiger partial charge >= 0.3 is 15.2 Å². The summed E-state index contributed by atoms with van der Waals surface area (Å²) >= 11 is 6.34. The topological polar surface area (TPSA) is 187 Å². The lowest BCUT2D eigenvalue weighted by Crippen LogP contribution is -2.33. The summed E-state index contributed by atoms with van der Waals surface area (Å²) in [6, 6.07) is 9.86. The van der Waals surface area contributed by atoms with E-state index in [9.17, 15) is 24.2 Å². The van der Waals surface area contributed by atoms with Crippen LogP contribution in [0.5, 0.6) is 0 Å². The molecule has 4 heterocycles. The van der Waals surface area contributed by atoms with Crippen LogP contribution in [-0.4, -0.2) is 76.9 Å². The lowest BCUT2D eigenvalue weighted by Gasteiger charge is -2.30. The molecular weight excluding hydrogens is 550 g/mol. The molecular formula is C21H25ClN4O9P2. The quantitative estimate of drug-likeness (QED) is 0.256. The van der Waals surface area contributed by atoms with Gasteiger partial charge in [0, 0.05) is 19.2 Å². The molecule has 5 rings (SSSR count). The average molecular weight is 575 g/mol. The van der Waals surface area contributed by atoms with Gasteiger partial charge in [-0.05, 0) is 17.5 Å². The molecule has 0 spiro atoms. The number of halogens is 1. The third-order valence-corrected chi connectivity index (χ3v) is 10.0. The van der Waals surface area contributed by atoms with Gasteiger partial charge in [0.2, 0.25) is 0 Å².